The number of fused-ring (bicyclic) bond motifs is 1. The number of aromatic amines is 1. The highest BCUT2D eigenvalue weighted by molar-refractivity contribution is 5.80. The lowest BCUT2D eigenvalue weighted by atomic mass is 10.0. The summed E-state index contributed by atoms with van der Waals surface area (Å²) < 4.78 is 1.99. The lowest BCUT2D eigenvalue weighted by Gasteiger charge is -2.20. The number of imidazole rings is 1. The van der Waals surface area contributed by atoms with Crippen molar-refractivity contribution in [3.63, 3.8) is 0 Å². The summed E-state index contributed by atoms with van der Waals surface area (Å²) >= 11 is 0. The monoisotopic (exact) mass is 338 g/mol. The summed E-state index contributed by atoms with van der Waals surface area (Å²) in [4.78, 5) is 20.5. The molecule has 1 atom stereocenters. The summed E-state index contributed by atoms with van der Waals surface area (Å²) in [6.07, 6.45) is 6.45. The Morgan fingerprint density at radius 3 is 2.68 bits per heavy atom. The summed E-state index contributed by atoms with van der Waals surface area (Å²) in [5, 5.41) is 3.08. The summed E-state index contributed by atoms with van der Waals surface area (Å²) in [5.74, 6) is 1.53. The average molecular weight is 338 g/mol. The van der Waals surface area contributed by atoms with Crippen LogP contribution in [-0.4, -0.2) is 27.0 Å². The maximum absolute atomic E-state index is 12.6. The maximum Gasteiger partial charge on any atom is 0.243 e. The largest absolute Gasteiger partial charge is 0.354 e. The fraction of sp³-hybridized carbons (Fsp3) is 0.400. The van der Waals surface area contributed by atoms with Gasteiger partial charge in [-0.25, -0.2) is 4.98 Å². The number of nitrogens with one attached hydrogen (secondary N) is 2. The average Bonchev–Trinajstić information content (AvgIpc) is 3.25. The van der Waals surface area contributed by atoms with Crippen molar-refractivity contribution in [2.45, 2.75) is 39.2 Å². The first-order valence-electron chi connectivity index (χ1n) is 8.97. The van der Waals surface area contributed by atoms with Gasteiger partial charge in [-0.2, -0.15) is 0 Å². The number of H-pyrrole nitrogens is 1. The normalized spacial score (nSPS) is 12.6. The van der Waals surface area contributed by atoms with E-state index >= 15 is 0 Å². The molecule has 3 rings (SSSR count). The van der Waals surface area contributed by atoms with E-state index in [4.69, 9.17) is 0 Å². The van der Waals surface area contributed by atoms with E-state index in [1.165, 1.54) is 0 Å². The van der Waals surface area contributed by atoms with Crippen LogP contribution in [0.2, 0.25) is 0 Å². The fourth-order valence-electron chi connectivity index (χ4n) is 3.08. The molecule has 0 aliphatic carbocycles. The zero-order valence-electron chi connectivity index (χ0n) is 14.9. The molecule has 2 heterocycles. The van der Waals surface area contributed by atoms with Crippen molar-refractivity contribution in [1.29, 1.82) is 0 Å². The number of aryl methyl sites for hydroxylation is 1. The first-order chi connectivity index (χ1) is 12.1. The molecule has 0 radical (unpaired) electrons. The van der Waals surface area contributed by atoms with Crippen LogP contribution >= 0.6 is 0 Å². The van der Waals surface area contributed by atoms with Crippen molar-refractivity contribution in [2.75, 3.05) is 6.54 Å². The zero-order chi connectivity index (χ0) is 17.6. The number of aromatic nitrogens is 3. The van der Waals surface area contributed by atoms with Crippen LogP contribution in [-0.2, 0) is 11.2 Å². The molecule has 0 aliphatic heterocycles. The Balaban J connectivity index is 1.50. The van der Waals surface area contributed by atoms with Gasteiger partial charge in [0.25, 0.3) is 0 Å². The van der Waals surface area contributed by atoms with Crippen molar-refractivity contribution < 1.29 is 4.79 Å². The Labute approximate surface area is 148 Å². The number of rotatable bonds is 8. The molecule has 1 aromatic carbocycles. The molecule has 0 fully saturated rings. The molecule has 132 valence electrons. The first-order valence-corrected chi connectivity index (χ1v) is 8.97. The number of para-hydroxylation sites is 2. The first kappa shape index (κ1) is 17.3. The molecule has 3 aromatic rings. The van der Waals surface area contributed by atoms with Gasteiger partial charge in [0.2, 0.25) is 5.91 Å². The topological polar surface area (TPSA) is 62.7 Å². The van der Waals surface area contributed by atoms with E-state index < -0.39 is 0 Å². The van der Waals surface area contributed by atoms with Gasteiger partial charge in [0.05, 0.1) is 11.0 Å². The van der Waals surface area contributed by atoms with Gasteiger partial charge in [0, 0.05) is 25.4 Å². The lowest BCUT2D eigenvalue weighted by Crippen LogP contribution is -2.33. The highest BCUT2D eigenvalue weighted by Crippen LogP contribution is 2.18. The predicted molar refractivity (Wildman–Crippen MR) is 100 cm³/mol. The maximum atomic E-state index is 12.6. The van der Waals surface area contributed by atoms with Crippen LogP contribution in [0, 0.1) is 5.92 Å². The number of amides is 1. The number of carbonyl (C=O) groups is 1. The molecular formula is C20H26N4O. The molecule has 1 amide bonds. The van der Waals surface area contributed by atoms with E-state index in [9.17, 15) is 4.79 Å². The number of nitrogens with zero attached hydrogens (tertiary/aromatic N) is 2. The van der Waals surface area contributed by atoms with Gasteiger partial charge in [0.15, 0.2) is 0 Å². The number of carbonyl (C=O) groups excluding carboxylic acids is 1. The van der Waals surface area contributed by atoms with Crippen molar-refractivity contribution in [2.24, 2.45) is 5.92 Å². The number of hydrogen-bond acceptors (Lipinski definition) is 2. The van der Waals surface area contributed by atoms with E-state index in [2.05, 4.69) is 29.1 Å². The molecule has 2 aromatic heterocycles. The molecule has 0 saturated carbocycles. The van der Waals surface area contributed by atoms with Crippen molar-refractivity contribution in [1.82, 2.24) is 19.9 Å². The third kappa shape index (κ3) is 4.50. The molecule has 5 nitrogen and oxygen atoms in total. The molecule has 0 bridgehead atoms. The van der Waals surface area contributed by atoms with Gasteiger partial charge in [-0.15, -0.1) is 0 Å². The number of benzene rings is 1. The van der Waals surface area contributed by atoms with E-state index in [1.807, 2.05) is 53.4 Å². The molecule has 25 heavy (non-hydrogen) atoms. The smallest absolute Gasteiger partial charge is 0.243 e. The molecule has 1 unspecified atom stereocenters. The Bertz CT molecular complexity index is 771. The van der Waals surface area contributed by atoms with Crippen LogP contribution < -0.4 is 5.32 Å². The zero-order valence-corrected chi connectivity index (χ0v) is 14.9. The van der Waals surface area contributed by atoms with Gasteiger partial charge in [-0.1, -0.05) is 26.0 Å². The summed E-state index contributed by atoms with van der Waals surface area (Å²) in [6.45, 7) is 4.95. The van der Waals surface area contributed by atoms with Crippen LogP contribution in [0.15, 0.2) is 48.8 Å². The molecule has 0 spiro atoms. The van der Waals surface area contributed by atoms with Crippen molar-refractivity contribution in [3.8, 4) is 0 Å². The summed E-state index contributed by atoms with van der Waals surface area (Å²) in [5.41, 5.74) is 2.05. The van der Waals surface area contributed by atoms with E-state index in [0.29, 0.717) is 12.5 Å². The molecule has 5 heteroatoms. The standard InChI is InChI=1S/C20H26N4O/c1-15(2)14-18(24-12-5-6-13-24)20(25)21-11-7-10-19-22-16-8-3-4-9-17(16)23-19/h3-6,8-9,12-13,15,18H,7,10-11,14H2,1-2H3,(H,21,25)(H,22,23). The van der Waals surface area contributed by atoms with Gasteiger partial charge in [0.1, 0.15) is 11.9 Å². The van der Waals surface area contributed by atoms with E-state index in [-0.39, 0.29) is 11.9 Å². The SMILES string of the molecule is CC(C)CC(C(=O)NCCCc1nc2ccccc2[nH]1)n1cccc1. The van der Waals surface area contributed by atoms with Crippen molar-refractivity contribution >= 4 is 16.9 Å². The Morgan fingerprint density at radius 1 is 1.20 bits per heavy atom. The van der Waals surface area contributed by atoms with Crippen LogP contribution in [0.4, 0.5) is 0 Å². The van der Waals surface area contributed by atoms with E-state index in [0.717, 1.165) is 36.1 Å². The van der Waals surface area contributed by atoms with Crippen LogP contribution in [0.1, 0.15) is 38.6 Å². The third-order valence-corrected chi connectivity index (χ3v) is 4.31. The van der Waals surface area contributed by atoms with Gasteiger partial charge in [-0.3, -0.25) is 4.79 Å². The fourth-order valence-corrected chi connectivity index (χ4v) is 3.08. The second kappa shape index (κ2) is 8.01. The van der Waals surface area contributed by atoms with Crippen LogP contribution in [0.25, 0.3) is 11.0 Å². The highest BCUT2D eigenvalue weighted by Gasteiger charge is 2.20. The predicted octanol–water partition coefficient (Wildman–Crippen LogP) is 3.70. The summed E-state index contributed by atoms with van der Waals surface area (Å²) in [6, 6.07) is 11.8. The second-order valence-electron chi connectivity index (χ2n) is 6.87. The van der Waals surface area contributed by atoms with Gasteiger partial charge < -0.3 is 14.9 Å². The Hall–Kier alpha value is -2.56. The molecule has 0 saturated heterocycles. The minimum absolute atomic E-state index is 0.0921. The van der Waals surface area contributed by atoms with Gasteiger partial charge >= 0.3 is 0 Å². The van der Waals surface area contributed by atoms with Crippen LogP contribution in [0.3, 0.4) is 0 Å². The van der Waals surface area contributed by atoms with Gasteiger partial charge in [-0.05, 0) is 43.0 Å². The van der Waals surface area contributed by atoms with Crippen LogP contribution in [0.5, 0.6) is 0 Å². The Morgan fingerprint density at radius 2 is 1.96 bits per heavy atom. The minimum atomic E-state index is -0.138. The molecular weight excluding hydrogens is 312 g/mol. The minimum Gasteiger partial charge on any atom is -0.354 e. The lowest BCUT2D eigenvalue weighted by molar-refractivity contribution is -0.124. The second-order valence-corrected chi connectivity index (χ2v) is 6.87. The molecule has 2 N–H and O–H groups in total. The summed E-state index contributed by atoms with van der Waals surface area (Å²) in [7, 11) is 0. The molecule has 0 aliphatic rings. The quantitative estimate of drug-likeness (QED) is 0.615. The van der Waals surface area contributed by atoms with E-state index in [1.54, 1.807) is 0 Å². The third-order valence-electron chi connectivity index (χ3n) is 4.31. The Kier molecular flexibility index (Phi) is 5.53. The van der Waals surface area contributed by atoms with Crippen molar-refractivity contribution in [3.05, 3.63) is 54.6 Å². The highest BCUT2D eigenvalue weighted by atomic mass is 16.2. The number of hydrogen-bond donors (Lipinski definition) is 2.